The Kier molecular flexibility index (Phi) is 7.09. The number of rotatable bonds is 7. The highest BCUT2D eigenvalue weighted by molar-refractivity contribution is 5.95. The normalized spacial score (nSPS) is 11.3. The van der Waals surface area contributed by atoms with Gasteiger partial charge in [0, 0.05) is 17.2 Å². The van der Waals surface area contributed by atoms with Crippen LogP contribution in [-0.2, 0) is 6.18 Å². The molecular formula is C22H15F4N3O5. The van der Waals surface area contributed by atoms with Gasteiger partial charge < -0.3 is 9.47 Å². The summed E-state index contributed by atoms with van der Waals surface area (Å²) in [5.74, 6) is -1.45. The molecule has 0 aliphatic heterocycles. The number of hydrazone groups is 1. The van der Waals surface area contributed by atoms with E-state index in [1.807, 2.05) is 0 Å². The number of methoxy groups -OCH3 is 1. The molecule has 0 fully saturated rings. The minimum absolute atomic E-state index is 0.0136. The fourth-order valence-corrected chi connectivity index (χ4v) is 2.74. The van der Waals surface area contributed by atoms with Crippen molar-refractivity contribution in [2.45, 2.75) is 6.18 Å². The molecule has 12 heteroatoms. The summed E-state index contributed by atoms with van der Waals surface area (Å²) >= 11 is 0. The highest BCUT2D eigenvalue weighted by Crippen LogP contribution is 2.38. The summed E-state index contributed by atoms with van der Waals surface area (Å²) in [6, 6.07) is 11.0. The third-order valence-electron chi connectivity index (χ3n) is 4.38. The molecule has 0 atom stereocenters. The number of amides is 1. The van der Waals surface area contributed by atoms with Gasteiger partial charge in [0.2, 0.25) is 5.75 Å². The number of nitro benzene ring substituents is 1. The number of carbonyl (C=O) groups is 1. The summed E-state index contributed by atoms with van der Waals surface area (Å²) in [5.41, 5.74) is 0.278. The van der Waals surface area contributed by atoms with E-state index in [-0.39, 0.29) is 16.9 Å². The van der Waals surface area contributed by atoms with Gasteiger partial charge in [-0.2, -0.15) is 18.3 Å². The van der Waals surface area contributed by atoms with Crippen LogP contribution in [0.3, 0.4) is 0 Å². The number of alkyl halides is 3. The summed E-state index contributed by atoms with van der Waals surface area (Å²) in [7, 11) is 1.38. The molecule has 0 heterocycles. The van der Waals surface area contributed by atoms with Crippen molar-refractivity contribution in [1.29, 1.82) is 0 Å². The Bertz CT molecular complexity index is 1260. The molecule has 0 saturated carbocycles. The molecule has 0 unspecified atom stereocenters. The number of nitro groups is 1. The minimum Gasteiger partial charge on any atom is -0.497 e. The van der Waals surface area contributed by atoms with E-state index in [9.17, 15) is 32.5 Å². The summed E-state index contributed by atoms with van der Waals surface area (Å²) in [6.07, 6.45) is -3.65. The lowest BCUT2D eigenvalue weighted by atomic mass is 10.1. The van der Waals surface area contributed by atoms with E-state index in [2.05, 4.69) is 10.5 Å². The first kappa shape index (κ1) is 24.2. The Morgan fingerprint density at radius 1 is 1.09 bits per heavy atom. The van der Waals surface area contributed by atoms with Crippen LogP contribution >= 0.6 is 0 Å². The molecular weight excluding hydrogens is 462 g/mol. The lowest BCUT2D eigenvalue weighted by Crippen LogP contribution is -2.17. The van der Waals surface area contributed by atoms with Crippen LogP contribution in [0.25, 0.3) is 0 Å². The second-order valence-electron chi connectivity index (χ2n) is 6.65. The fourth-order valence-electron chi connectivity index (χ4n) is 2.74. The quantitative estimate of drug-likeness (QED) is 0.215. The van der Waals surface area contributed by atoms with E-state index in [0.717, 1.165) is 18.3 Å². The van der Waals surface area contributed by atoms with E-state index in [4.69, 9.17) is 9.47 Å². The van der Waals surface area contributed by atoms with Crippen LogP contribution in [0.1, 0.15) is 21.5 Å². The van der Waals surface area contributed by atoms with Crippen molar-refractivity contribution in [3.8, 4) is 17.2 Å². The SMILES string of the molecule is COc1ccc(Oc2ccc(C(F)(F)F)cc2[N+](=O)[O-])c(/C=N\NC(=O)c2cccc(F)c2)c1. The highest BCUT2D eigenvalue weighted by Gasteiger charge is 2.33. The number of halogens is 4. The van der Waals surface area contributed by atoms with Gasteiger partial charge in [-0.3, -0.25) is 14.9 Å². The molecule has 34 heavy (non-hydrogen) atoms. The average molecular weight is 477 g/mol. The maximum Gasteiger partial charge on any atom is 0.416 e. The number of nitrogens with one attached hydrogen (secondary N) is 1. The van der Waals surface area contributed by atoms with Gasteiger partial charge in [0.05, 0.1) is 23.8 Å². The average Bonchev–Trinajstić information content (AvgIpc) is 2.79. The minimum atomic E-state index is -4.78. The molecule has 3 rings (SSSR count). The molecule has 0 radical (unpaired) electrons. The van der Waals surface area contributed by atoms with E-state index in [0.29, 0.717) is 17.9 Å². The van der Waals surface area contributed by atoms with Gasteiger partial charge in [0.15, 0.2) is 0 Å². The van der Waals surface area contributed by atoms with Crippen molar-refractivity contribution in [3.63, 3.8) is 0 Å². The molecule has 1 N–H and O–H groups in total. The van der Waals surface area contributed by atoms with Gasteiger partial charge in [-0.15, -0.1) is 0 Å². The predicted octanol–water partition coefficient (Wildman–Crippen LogP) is 5.32. The van der Waals surface area contributed by atoms with Crippen LogP contribution in [0.4, 0.5) is 23.2 Å². The highest BCUT2D eigenvalue weighted by atomic mass is 19.4. The Morgan fingerprint density at radius 3 is 2.47 bits per heavy atom. The standard InChI is InChI=1S/C22H15F4N3O5/c1-33-17-6-8-19(34-20-7-5-15(22(24,25)26)11-18(20)29(31)32)14(10-17)12-27-28-21(30)13-3-2-4-16(23)9-13/h2-12H,1H3,(H,28,30)/b27-12-. The van der Waals surface area contributed by atoms with Crippen LogP contribution in [0, 0.1) is 15.9 Å². The molecule has 0 aromatic heterocycles. The number of benzene rings is 3. The van der Waals surface area contributed by atoms with Gasteiger partial charge in [0.25, 0.3) is 5.91 Å². The maximum atomic E-state index is 13.3. The topological polar surface area (TPSA) is 103 Å². The molecule has 3 aromatic carbocycles. The number of hydrogen-bond donors (Lipinski definition) is 1. The first-order valence-corrected chi connectivity index (χ1v) is 9.39. The number of hydrogen-bond acceptors (Lipinski definition) is 6. The molecule has 0 aliphatic rings. The predicted molar refractivity (Wildman–Crippen MR) is 113 cm³/mol. The summed E-state index contributed by atoms with van der Waals surface area (Å²) in [6.45, 7) is 0. The van der Waals surface area contributed by atoms with Crippen LogP contribution < -0.4 is 14.9 Å². The number of ether oxygens (including phenoxy) is 2. The Hall–Kier alpha value is -4.48. The van der Waals surface area contributed by atoms with E-state index in [1.165, 1.54) is 43.5 Å². The second kappa shape index (κ2) is 9.98. The number of carbonyl (C=O) groups excluding carboxylic acids is 1. The van der Waals surface area contributed by atoms with Crippen LogP contribution in [0.2, 0.25) is 0 Å². The van der Waals surface area contributed by atoms with Crippen molar-refractivity contribution >= 4 is 17.8 Å². The largest absolute Gasteiger partial charge is 0.497 e. The van der Waals surface area contributed by atoms with Gasteiger partial charge in [0.1, 0.15) is 17.3 Å². The van der Waals surface area contributed by atoms with Crippen molar-refractivity contribution in [2.75, 3.05) is 7.11 Å². The lowest BCUT2D eigenvalue weighted by Gasteiger charge is -2.12. The van der Waals surface area contributed by atoms with Crippen molar-refractivity contribution < 1.29 is 36.8 Å². The van der Waals surface area contributed by atoms with Crippen LogP contribution in [0.15, 0.2) is 65.8 Å². The monoisotopic (exact) mass is 477 g/mol. The van der Waals surface area contributed by atoms with E-state index < -0.39 is 39.8 Å². The van der Waals surface area contributed by atoms with Crippen molar-refractivity contribution in [1.82, 2.24) is 5.43 Å². The third-order valence-corrected chi connectivity index (χ3v) is 4.38. The van der Waals surface area contributed by atoms with Crippen molar-refractivity contribution in [3.05, 3.63) is 93.3 Å². The summed E-state index contributed by atoms with van der Waals surface area (Å²) in [4.78, 5) is 22.4. The first-order chi connectivity index (χ1) is 16.1. The second-order valence-corrected chi connectivity index (χ2v) is 6.65. The van der Waals surface area contributed by atoms with Gasteiger partial charge in [-0.25, -0.2) is 9.82 Å². The van der Waals surface area contributed by atoms with Crippen molar-refractivity contribution in [2.24, 2.45) is 5.10 Å². The molecule has 0 saturated heterocycles. The molecule has 3 aromatic rings. The molecule has 1 amide bonds. The molecule has 0 spiro atoms. The van der Waals surface area contributed by atoms with E-state index >= 15 is 0 Å². The number of nitrogens with zero attached hydrogens (tertiary/aromatic N) is 2. The lowest BCUT2D eigenvalue weighted by molar-refractivity contribution is -0.385. The Labute approximate surface area is 189 Å². The van der Waals surface area contributed by atoms with Gasteiger partial charge in [-0.05, 0) is 48.5 Å². The maximum absolute atomic E-state index is 13.3. The zero-order chi connectivity index (χ0) is 24.9. The van der Waals surface area contributed by atoms with Crippen LogP contribution in [-0.4, -0.2) is 24.2 Å². The Morgan fingerprint density at radius 2 is 1.82 bits per heavy atom. The first-order valence-electron chi connectivity index (χ1n) is 9.39. The zero-order valence-electron chi connectivity index (χ0n) is 17.3. The smallest absolute Gasteiger partial charge is 0.416 e. The molecule has 0 bridgehead atoms. The van der Waals surface area contributed by atoms with Gasteiger partial charge in [-0.1, -0.05) is 6.07 Å². The van der Waals surface area contributed by atoms with E-state index in [1.54, 1.807) is 0 Å². The van der Waals surface area contributed by atoms with Gasteiger partial charge >= 0.3 is 11.9 Å². The molecule has 176 valence electrons. The Balaban J connectivity index is 1.89. The fraction of sp³-hybridized carbons (Fsp3) is 0.0909. The van der Waals surface area contributed by atoms with Crippen LogP contribution in [0.5, 0.6) is 17.2 Å². The summed E-state index contributed by atoms with van der Waals surface area (Å²) < 4.78 is 62.7. The molecule has 8 nitrogen and oxygen atoms in total. The molecule has 0 aliphatic carbocycles. The third kappa shape index (κ3) is 5.85. The summed E-state index contributed by atoms with van der Waals surface area (Å²) in [5, 5.41) is 15.1. The zero-order valence-corrected chi connectivity index (χ0v) is 17.3.